The van der Waals surface area contributed by atoms with E-state index in [1.54, 1.807) is 20.8 Å². The van der Waals surface area contributed by atoms with Crippen LogP contribution in [0.2, 0.25) is 0 Å². The molecule has 0 saturated carbocycles. The molecular formula is C17H26BrN3O7. The Morgan fingerprint density at radius 1 is 1.14 bits per heavy atom. The molecule has 1 atom stereocenters. The van der Waals surface area contributed by atoms with E-state index < -0.39 is 41.4 Å². The van der Waals surface area contributed by atoms with E-state index in [1.807, 2.05) is 0 Å². The van der Waals surface area contributed by atoms with Gasteiger partial charge in [-0.3, -0.25) is 14.4 Å². The standard InChI is InChI=1S/C17H26BrN3O7/c1-17(2,3)27-16(26)19-9-5-4-6-11(20-12(22)10-18)15(25)28-21-13(23)7-8-14(21)24/h11H,4-10H2,1-3H3,(H,19,26)(H,20,22)/t11-/m0/s1. The molecule has 4 amide bonds. The van der Waals surface area contributed by atoms with Crippen LogP contribution in [0.3, 0.4) is 0 Å². The number of carbonyl (C=O) groups is 5. The molecule has 1 aliphatic heterocycles. The molecule has 1 fully saturated rings. The van der Waals surface area contributed by atoms with Crippen LogP contribution < -0.4 is 10.6 Å². The first-order valence-corrected chi connectivity index (χ1v) is 10.1. The van der Waals surface area contributed by atoms with Crippen molar-refractivity contribution in [1.29, 1.82) is 0 Å². The Kier molecular flexibility index (Phi) is 9.36. The zero-order chi connectivity index (χ0) is 21.3. The van der Waals surface area contributed by atoms with Crippen molar-refractivity contribution in [2.45, 2.75) is 64.5 Å². The molecule has 0 bridgehead atoms. The Balaban J connectivity index is 2.48. The molecule has 0 aliphatic carbocycles. The highest BCUT2D eigenvalue weighted by Crippen LogP contribution is 2.14. The molecule has 0 aromatic carbocycles. The Morgan fingerprint density at radius 3 is 2.29 bits per heavy atom. The lowest BCUT2D eigenvalue weighted by molar-refractivity contribution is -0.199. The Morgan fingerprint density at radius 2 is 1.75 bits per heavy atom. The zero-order valence-electron chi connectivity index (χ0n) is 16.2. The fraction of sp³-hybridized carbons (Fsp3) is 0.706. The molecule has 0 spiro atoms. The average Bonchev–Trinajstić information content (AvgIpc) is 2.90. The Labute approximate surface area is 171 Å². The number of hydroxylamine groups is 2. The predicted octanol–water partition coefficient (Wildman–Crippen LogP) is 1.17. The summed E-state index contributed by atoms with van der Waals surface area (Å²) in [5.74, 6) is -2.51. The monoisotopic (exact) mass is 463 g/mol. The van der Waals surface area contributed by atoms with Gasteiger partial charge in [0.05, 0.1) is 5.33 Å². The van der Waals surface area contributed by atoms with Crippen molar-refractivity contribution in [3.63, 3.8) is 0 Å². The summed E-state index contributed by atoms with van der Waals surface area (Å²) in [6.07, 6.45) is 0.641. The second kappa shape index (κ2) is 11.0. The molecule has 11 heteroatoms. The summed E-state index contributed by atoms with van der Waals surface area (Å²) in [5, 5.41) is 5.50. The number of rotatable bonds is 9. The molecule has 10 nitrogen and oxygen atoms in total. The summed E-state index contributed by atoms with van der Waals surface area (Å²) in [7, 11) is 0. The second-order valence-corrected chi connectivity index (χ2v) is 7.73. The number of nitrogens with zero attached hydrogens (tertiary/aromatic N) is 1. The number of alkyl carbamates (subject to hydrolysis) is 1. The van der Waals surface area contributed by atoms with E-state index in [0.29, 0.717) is 24.4 Å². The number of imide groups is 1. The van der Waals surface area contributed by atoms with Gasteiger partial charge in [-0.05, 0) is 40.0 Å². The van der Waals surface area contributed by atoms with Gasteiger partial charge in [0.2, 0.25) is 5.91 Å². The molecule has 1 aliphatic rings. The molecule has 158 valence electrons. The molecule has 0 aromatic heterocycles. The SMILES string of the molecule is CC(C)(C)OC(=O)NCCCC[C@H](NC(=O)CBr)C(=O)ON1C(=O)CCC1=O. The van der Waals surface area contributed by atoms with Crippen molar-refractivity contribution in [3.8, 4) is 0 Å². The first kappa shape index (κ1) is 23.9. The van der Waals surface area contributed by atoms with Crippen LogP contribution in [0.15, 0.2) is 0 Å². The topological polar surface area (TPSA) is 131 Å². The highest BCUT2D eigenvalue weighted by molar-refractivity contribution is 9.09. The third-order valence-corrected chi connectivity index (χ3v) is 4.03. The molecule has 1 saturated heterocycles. The average molecular weight is 464 g/mol. The summed E-state index contributed by atoms with van der Waals surface area (Å²) in [6.45, 7) is 5.59. The smallest absolute Gasteiger partial charge is 0.407 e. The number of halogens is 1. The first-order chi connectivity index (χ1) is 13.0. The van der Waals surface area contributed by atoms with Gasteiger partial charge in [-0.1, -0.05) is 15.9 Å². The fourth-order valence-electron chi connectivity index (χ4n) is 2.27. The largest absolute Gasteiger partial charge is 0.444 e. The third-order valence-electron chi connectivity index (χ3n) is 3.52. The van der Waals surface area contributed by atoms with Crippen molar-refractivity contribution in [2.24, 2.45) is 0 Å². The number of ether oxygens (including phenoxy) is 1. The Bertz CT molecular complexity index is 602. The van der Waals surface area contributed by atoms with Gasteiger partial charge in [0.1, 0.15) is 11.6 Å². The van der Waals surface area contributed by atoms with Crippen LogP contribution in [0.5, 0.6) is 0 Å². The van der Waals surface area contributed by atoms with E-state index >= 15 is 0 Å². The Hall–Kier alpha value is -2.17. The molecule has 2 N–H and O–H groups in total. The first-order valence-electron chi connectivity index (χ1n) is 8.93. The number of carbonyl (C=O) groups excluding carboxylic acids is 5. The van der Waals surface area contributed by atoms with E-state index in [4.69, 9.17) is 9.57 Å². The number of hydrogen-bond donors (Lipinski definition) is 2. The second-order valence-electron chi connectivity index (χ2n) is 7.17. The lowest BCUT2D eigenvalue weighted by atomic mass is 10.1. The van der Waals surface area contributed by atoms with E-state index in [0.717, 1.165) is 0 Å². The zero-order valence-corrected chi connectivity index (χ0v) is 17.8. The van der Waals surface area contributed by atoms with Gasteiger partial charge in [0.15, 0.2) is 0 Å². The van der Waals surface area contributed by atoms with Gasteiger partial charge in [0.25, 0.3) is 11.8 Å². The van der Waals surface area contributed by atoms with Crippen molar-refractivity contribution in [1.82, 2.24) is 15.7 Å². The maximum Gasteiger partial charge on any atom is 0.407 e. The summed E-state index contributed by atoms with van der Waals surface area (Å²) >= 11 is 2.99. The molecule has 1 rings (SSSR count). The summed E-state index contributed by atoms with van der Waals surface area (Å²) in [5.41, 5.74) is -0.594. The minimum Gasteiger partial charge on any atom is -0.444 e. The maximum atomic E-state index is 12.3. The normalized spacial score (nSPS) is 15.2. The summed E-state index contributed by atoms with van der Waals surface area (Å²) in [6, 6.07) is -1.02. The van der Waals surface area contributed by atoms with Crippen molar-refractivity contribution in [2.75, 3.05) is 11.9 Å². The van der Waals surface area contributed by atoms with Gasteiger partial charge >= 0.3 is 12.1 Å². The minimum atomic E-state index is -1.02. The van der Waals surface area contributed by atoms with Crippen LogP contribution in [0.4, 0.5) is 4.79 Å². The fourth-order valence-corrected chi connectivity index (χ4v) is 2.43. The number of unbranched alkanes of at least 4 members (excludes halogenated alkanes) is 1. The van der Waals surface area contributed by atoms with Gasteiger partial charge in [-0.15, -0.1) is 5.06 Å². The van der Waals surface area contributed by atoms with Crippen molar-refractivity contribution < 1.29 is 33.5 Å². The van der Waals surface area contributed by atoms with E-state index in [9.17, 15) is 24.0 Å². The number of nitrogens with one attached hydrogen (secondary N) is 2. The minimum absolute atomic E-state index is 0.0130. The summed E-state index contributed by atoms with van der Waals surface area (Å²) < 4.78 is 5.11. The van der Waals surface area contributed by atoms with Crippen LogP contribution in [0.25, 0.3) is 0 Å². The molecule has 0 radical (unpaired) electrons. The highest BCUT2D eigenvalue weighted by atomic mass is 79.9. The van der Waals surface area contributed by atoms with E-state index in [1.165, 1.54) is 0 Å². The number of amides is 4. The van der Waals surface area contributed by atoms with Crippen molar-refractivity contribution >= 4 is 45.7 Å². The van der Waals surface area contributed by atoms with E-state index in [-0.39, 0.29) is 24.6 Å². The maximum absolute atomic E-state index is 12.3. The third kappa shape index (κ3) is 8.68. The molecule has 0 aromatic rings. The molecule has 1 heterocycles. The summed E-state index contributed by atoms with van der Waals surface area (Å²) in [4.78, 5) is 63.5. The van der Waals surface area contributed by atoms with Gasteiger partial charge in [-0.2, -0.15) is 0 Å². The van der Waals surface area contributed by atoms with Crippen LogP contribution in [-0.2, 0) is 28.8 Å². The van der Waals surface area contributed by atoms with Crippen LogP contribution in [0.1, 0.15) is 52.9 Å². The van der Waals surface area contributed by atoms with Gasteiger partial charge < -0.3 is 20.2 Å². The lowest BCUT2D eigenvalue weighted by Gasteiger charge is -2.20. The molecule has 0 unspecified atom stereocenters. The molecule has 28 heavy (non-hydrogen) atoms. The predicted molar refractivity (Wildman–Crippen MR) is 101 cm³/mol. The number of alkyl halides is 1. The number of hydrogen-bond acceptors (Lipinski definition) is 7. The molecular weight excluding hydrogens is 438 g/mol. The van der Waals surface area contributed by atoms with E-state index in [2.05, 4.69) is 26.6 Å². The van der Waals surface area contributed by atoms with Crippen LogP contribution >= 0.6 is 15.9 Å². The lowest BCUT2D eigenvalue weighted by Crippen LogP contribution is -2.45. The quantitative estimate of drug-likeness (QED) is 0.298. The van der Waals surface area contributed by atoms with Gasteiger partial charge in [-0.25, -0.2) is 9.59 Å². The highest BCUT2D eigenvalue weighted by Gasteiger charge is 2.35. The van der Waals surface area contributed by atoms with Gasteiger partial charge in [0, 0.05) is 19.4 Å². The van der Waals surface area contributed by atoms with Crippen LogP contribution in [0, 0.1) is 0 Å². The van der Waals surface area contributed by atoms with Crippen LogP contribution in [-0.4, -0.2) is 58.4 Å². The van der Waals surface area contributed by atoms with Crippen molar-refractivity contribution in [3.05, 3.63) is 0 Å².